The summed E-state index contributed by atoms with van der Waals surface area (Å²) in [5.74, 6) is -0.446. The first-order valence-electron chi connectivity index (χ1n) is 8.59. The Hall–Kier alpha value is -2.71. The third-order valence-electron chi connectivity index (χ3n) is 4.18. The van der Waals surface area contributed by atoms with Crippen LogP contribution in [0.15, 0.2) is 41.3 Å². The van der Waals surface area contributed by atoms with Gasteiger partial charge in [-0.25, -0.2) is 0 Å². The Kier molecular flexibility index (Phi) is 6.66. The average Bonchev–Trinajstić information content (AvgIpc) is 2.72. The second-order valence-electron chi connectivity index (χ2n) is 6.09. The molecule has 2 aromatic rings. The van der Waals surface area contributed by atoms with Crippen LogP contribution >= 0.6 is 23.4 Å². The first kappa shape index (κ1) is 21.0. The summed E-state index contributed by atoms with van der Waals surface area (Å²) in [4.78, 5) is 37.5. The van der Waals surface area contributed by atoms with Gasteiger partial charge in [0.1, 0.15) is 0 Å². The van der Waals surface area contributed by atoms with E-state index in [-0.39, 0.29) is 18.1 Å². The molecular weight excluding hydrogens is 418 g/mol. The highest BCUT2D eigenvalue weighted by Gasteiger charge is 2.30. The van der Waals surface area contributed by atoms with Crippen molar-refractivity contribution >= 4 is 46.7 Å². The first-order valence-corrected chi connectivity index (χ1v) is 9.85. The number of esters is 1. The number of amides is 1. The number of anilines is 1. The van der Waals surface area contributed by atoms with Gasteiger partial charge >= 0.3 is 5.97 Å². The Balaban J connectivity index is 1.56. The molecule has 1 heterocycles. The molecule has 0 aliphatic carbocycles. The molecule has 3 rings (SSSR count). The molecule has 2 aromatic carbocycles. The number of nitrogens with one attached hydrogen (secondary N) is 1. The maximum absolute atomic E-state index is 12.3. The fraction of sp³-hybridized carbons (Fsp3) is 0.250. The van der Waals surface area contributed by atoms with Gasteiger partial charge in [0.2, 0.25) is 5.91 Å². The van der Waals surface area contributed by atoms with Crippen LogP contribution in [0.1, 0.15) is 16.8 Å². The number of rotatable bonds is 7. The summed E-state index contributed by atoms with van der Waals surface area (Å²) in [7, 11) is 2.96. The highest BCUT2D eigenvalue weighted by Crippen LogP contribution is 2.38. The van der Waals surface area contributed by atoms with Crippen molar-refractivity contribution in [1.29, 1.82) is 0 Å². The maximum atomic E-state index is 12.3. The first-order chi connectivity index (χ1) is 13.9. The molecule has 1 amide bonds. The van der Waals surface area contributed by atoms with Gasteiger partial charge in [0, 0.05) is 15.5 Å². The zero-order chi connectivity index (χ0) is 21.0. The van der Waals surface area contributed by atoms with Gasteiger partial charge in [0.15, 0.2) is 23.9 Å². The molecule has 0 bridgehead atoms. The Morgan fingerprint density at radius 1 is 1.10 bits per heavy atom. The Morgan fingerprint density at radius 3 is 2.59 bits per heavy atom. The third kappa shape index (κ3) is 5.02. The van der Waals surface area contributed by atoms with Gasteiger partial charge in [-0.1, -0.05) is 11.6 Å². The van der Waals surface area contributed by atoms with Crippen molar-refractivity contribution in [3.63, 3.8) is 0 Å². The van der Waals surface area contributed by atoms with Gasteiger partial charge in [0.25, 0.3) is 0 Å². The van der Waals surface area contributed by atoms with Crippen LogP contribution in [0.4, 0.5) is 5.69 Å². The number of thioether (sulfide) groups is 1. The standard InChI is InChI=1S/C20H18ClNO6S/c1-26-15-5-3-11(7-16(15)27-2)14(23)10-28-19(24)9-18-20(25)22-13-8-12(21)4-6-17(13)29-18/h3-8,18H,9-10H2,1-2H3,(H,22,25). The normalized spacial score (nSPS) is 15.1. The van der Waals surface area contributed by atoms with Crippen molar-refractivity contribution in [1.82, 2.24) is 0 Å². The largest absolute Gasteiger partial charge is 0.493 e. The number of Topliss-reactive ketones (excluding diaryl/α,β-unsaturated/α-hetero) is 1. The average molecular weight is 436 g/mol. The number of benzene rings is 2. The van der Waals surface area contributed by atoms with Gasteiger partial charge in [-0.05, 0) is 36.4 Å². The van der Waals surface area contributed by atoms with Crippen LogP contribution in [-0.4, -0.2) is 43.7 Å². The van der Waals surface area contributed by atoms with E-state index in [0.717, 1.165) is 4.90 Å². The minimum atomic E-state index is -0.646. The lowest BCUT2D eigenvalue weighted by atomic mass is 10.1. The number of fused-ring (bicyclic) bond motifs is 1. The fourth-order valence-electron chi connectivity index (χ4n) is 2.71. The fourth-order valence-corrected chi connectivity index (χ4v) is 3.95. The maximum Gasteiger partial charge on any atom is 0.307 e. The number of methoxy groups -OCH3 is 2. The van der Waals surface area contributed by atoms with Crippen LogP contribution in [0.3, 0.4) is 0 Å². The molecule has 0 spiro atoms. The summed E-state index contributed by atoms with van der Waals surface area (Å²) in [5, 5.41) is 2.59. The van der Waals surface area contributed by atoms with E-state index in [9.17, 15) is 14.4 Å². The SMILES string of the molecule is COc1ccc(C(=O)COC(=O)CC2Sc3ccc(Cl)cc3NC2=O)cc1OC. The summed E-state index contributed by atoms with van der Waals surface area (Å²) in [6.45, 7) is -0.431. The molecule has 0 radical (unpaired) electrons. The van der Waals surface area contributed by atoms with Crippen LogP contribution in [-0.2, 0) is 14.3 Å². The molecule has 1 unspecified atom stereocenters. The number of carbonyl (C=O) groups is 3. The van der Waals surface area contributed by atoms with Gasteiger partial charge in [0.05, 0.1) is 31.6 Å². The van der Waals surface area contributed by atoms with Gasteiger partial charge in [-0.15, -0.1) is 11.8 Å². The molecule has 152 valence electrons. The third-order valence-corrected chi connectivity index (χ3v) is 5.69. The van der Waals surface area contributed by atoms with Crippen molar-refractivity contribution in [3.05, 3.63) is 47.0 Å². The van der Waals surface area contributed by atoms with Gasteiger partial charge in [-0.2, -0.15) is 0 Å². The van der Waals surface area contributed by atoms with Crippen LogP contribution in [0, 0.1) is 0 Å². The van der Waals surface area contributed by atoms with Gasteiger partial charge < -0.3 is 19.5 Å². The molecule has 1 aliphatic rings. The summed E-state index contributed by atoms with van der Waals surface area (Å²) in [6, 6.07) is 9.81. The van der Waals surface area contributed by atoms with E-state index in [1.165, 1.54) is 32.0 Å². The highest BCUT2D eigenvalue weighted by atomic mass is 35.5. The number of ether oxygens (including phenoxy) is 3. The van der Waals surface area contributed by atoms with E-state index in [0.29, 0.717) is 27.8 Å². The molecule has 0 saturated carbocycles. The Bertz CT molecular complexity index is 964. The highest BCUT2D eigenvalue weighted by molar-refractivity contribution is 8.01. The molecule has 1 N–H and O–H groups in total. The quantitative estimate of drug-likeness (QED) is 0.525. The lowest BCUT2D eigenvalue weighted by molar-refractivity contribution is -0.143. The molecule has 0 aromatic heterocycles. The molecule has 29 heavy (non-hydrogen) atoms. The molecule has 7 nitrogen and oxygen atoms in total. The summed E-state index contributed by atoms with van der Waals surface area (Å²) in [5.41, 5.74) is 0.937. The smallest absolute Gasteiger partial charge is 0.307 e. The molecule has 0 saturated heterocycles. The zero-order valence-electron chi connectivity index (χ0n) is 15.7. The van der Waals surface area contributed by atoms with Gasteiger partial charge in [-0.3, -0.25) is 14.4 Å². The minimum Gasteiger partial charge on any atom is -0.493 e. The van der Waals surface area contributed by atoms with Crippen molar-refractivity contribution in [2.24, 2.45) is 0 Å². The number of ketones is 1. The minimum absolute atomic E-state index is 0.155. The van der Waals surface area contributed by atoms with E-state index in [1.54, 1.807) is 30.3 Å². The lowest BCUT2D eigenvalue weighted by Gasteiger charge is -2.23. The van der Waals surface area contributed by atoms with E-state index < -0.39 is 17.8 Å². The second-order valence-corrected chi connectivity index (χ2v) is 7.77. The summed E-state index contributed by atoms with van der Waals surface area (Å²) < 4.78 is 15.4. The molecule has 9 heteroatoms. The zero-order valence-corrected chi connectivity index (χ0v) is 17.3. The van der Waals surface area contributed by atoms with Crippen LogP contribution in [0.2, 0.25) is 5.02 Å². The second kappa shape index (κ2) is 9.19. The number of carbonyl (C=O) groups excluding carboxylic acids is 3. The molecular formula is C20H18ClNO6S. The van der Waals surface area contributed by atoms with Crippen molar-refractivity contribution in [3.8, 4) is 11.5 Å². The van der Waals surface area contributed by atoms with Crippen molar-refractivity contribution in [2.75, 3.05) is 26.1 Å². The predicted molar refractivity (Wildman–Crippen MR) is 109 cm³/mol. The van der Waals surface area contributed by atoms with Crippen LogP contribution in [0.5, 0.6) is 11.5 Å². The van der Waals surface area contributed by atoms with Crippen LogP contribution < -0.4 is 14.8 Å². The lowest BCUT2D eigenvalue weighted by Crippen LogP contribution is -2.31. The van der Waals surface area contributed by atoms with Crippen LogP contribution in [0.25, 0.3) is 0 Å². The number of hydrogen-bond acceptors (Lipinski definition) is 7. The van der Waals surface area contributed by atoms with Crippen molar-refractivity contribution < 1.29 is 28.6 Å². The number of halogens is 1. The topological polar surface area (TPSA) is 90.9 Å². The monoisotopic (exact) mass is 435 g/mol. The van der Waals surface area contributed by atoms with E-state index in [4.69, 9.17) is 25.8 Å². The Morgan fingerprint density at radius 2 is 1.86 bits per heavy atom. The number of hydrogen-bond donors (Lipinski definition) is 1. The Labute approximate surface area is 176 Å². The van der Waals surface area contributed by atoms with E-state index in [2.05, 4.69) is 5.32 Å². The van der Waals surface area contributed by atoms with E-state index in [1.807, 2.05) is 0 Å². The summed E-state index contributed by atoms with van der Waals surface area (Å²) >= 11 is 7.18. The van der Waals surface area contributed by atoms with E-state index >= 15 is 0 Å². The molecule has 1 aliphatic heterocycles. The van der Waals surface area contributed by atoms with Crippen molar-refractivity contribution in [2.45, 2.75) is 16.6 Å². The molecule has 0 fully saturated rings. The molecule has 1 atom stereocenters. The predicted octanol–water partition coefficient (Wildman–Crippen LogP) is 3.59. The summed E-state index contributed by atoms with van der Waals surface area (Å²) in [6.07, 6.45) is -0.155.